The third kappa shape index (κ3) is 5.76. The lowest BCUT2D eigenvalue weighted by molar-refractivity contribution is 0.0654. The molecule has 0 radical (unpaired) electrons. The van der Waals surface area contributed by atoms with Gasteiger partial charge < -0.3 is 30.7 Å². The number of allylic oxidation sites excluding steroid dienone is 1. The van der Waals surface area contributed by atoms with E-state index in [0.717, 1.165) is 41.2 Å². The lowest BCUT2D eigenvalue weighted by Crippen LogP contribution is -2.41. The highest BCUT2D eigenvalue weighted by molar-refractivity contribution is 6.09. The number of benzene rings is 2. The molecule has 0 bridgehead atoms. The van der Waals surface area contributed by atoms with Crippen LogP contribution in [0, 0.1) is 12.7 Å². The van der Waals surface area contributed by atoms with Crippen LogP contribution < -0.4 is 20.7 Å². The first-order valence-corrected chi connectivity index (χ1v) is 12.2. The molecule has 0 spiro atoms. The van der Waals surface area contributed by atoms with Crippen molar-refractivity contribution in [3.63, 3.8) is 0 Å². The summed E-state index contributed by atoms with van der Waals surface area (Å²) in [6.45, 7) is 14.1. The molecular formula is C29H34FN5O2. The third-order valence-corrected chi connectivity index (χ3v) is 6.63. The molecule has 0 aliphatic carbocycles. The van der Waals surface area contributed by atoms with Crippen molar-refractivity contribution in [3.8, 4) is 5.75 Å². The molecule has 1 atom stereocenters. The number of methoxy groups -OCH3 is 1. The molecule has 194 valence electrons. The summed E-state index contributed by atoms with van der Waals surface area (Å²) >= 11 is 0. The Bertz CT molecular complexity index is 1290. The Labute approximate surface area is 217 Å². The van der Waals surface area contributed by atoms with Gasteiger partial charge in [-0.05, 0) is 62.7 Å². The molecule has 2 heterocycles. The topological polar surface area (TPSA) is 81.2 Å². The van der Waals surface area contributed by atoms with E-state index < -0.39 is 11.4 Å². The van der Waals surface area contributed by atoms with Crippen LogP contribution in [0.1, 0.15) is 30.0 Å². The van der Waals surface area contributed by atoms with Gasteiger partial charge in [0.2, 0.25) is 0 Å². The van der Waals surface area contributed by atoms with Crippen LogP contribution in [-0.2, 0) is 0 Å². The van der Waals surface area contributed by atoms with E-state index in [1.54, 1.807) is 18.5 Å². The van der Waals surface area contributed by atoms with E-state index in [1.165, 1.54) is 13.2 Å². The molecule has 0 saturated carbocycles. The Balaban J connectivity index is 1.45. The van der Waals surface area contributed by atoms with Crippen LogP contribution in [0.5, 0.6) is 5.75 Å². The van der Waals surface area contributed by atoms with Gasteiger partial charge in [-0.25, -0.2) is 9.38 Å². The lowest BCUT2D eigenvalue weighted by atomic mass is 10.0. The Kier molecular flexibility index (Phi) is 7.80. The van der Waals surface area contributed by atoms with E-state index in [4.69, 9.17) is 4.74 Å². The van der Waals surface area contributed by atoms with Crippen molar-refractivity contribution in [1.29, 1.82) is 0 Å². The smallest absolute Gasteiger partial charge is 0.165 e. The highest BCUT2D eigenvalue weighted by Crippen LogP contribution is 2.30. The maximum atomic E-state index is 14.4. The van der Waals surface area contributed by atoms with Crippen molar-refractivity contribution >= 4 is 22.9 Å². The fourth-order valence-corrected chi connectivity index (χ4v) is 4.52. The summed E-state index contributed by atoms with van der Waals surface area (Å²) < 4.78 is 19.4. The number of aliphatic imine (C=N–C) groups is 1. The Morgan fingerprint density at radius 2 is 2.14 bits per heavy atom. The summed E-state index contributed by atoms with van der Waals surface area (Å²) in [4.78, 5) is 6.35. The highest BCUT2D eigenvalue weighted by Gasteiger charge is 2.30. The largest absolute Gasteiger partial charge is 0.494 e. The summed E-state index contributed by atoms with van der Waals surface area (Å²) in [5.74, 6) is 0.341. The predicted octanol–water partition coefficient (Wildman–Crippen LogP) is 4.60. The van der Waals surface area contributed by atoms with Gasteiger partial charge in [-0.2, -0.15) is 0 Å². The van der Waals surface area contributed by atoms with E-state index in [2.05, 4.69) is 34.1 Å². The van der Waals surface area contributed by atoms with Gasteiger partial charge in [0, 0.05) is 53.7 Å². The van der Waals surface area contributed by atoms with Crippen molar-refractivity contribution in [2.45, 2.75) is 25.9 Å². The number of rotatable bonds is 8. The van der Waals surface area contributed by atoms with Gasteiger partial charge in [-0.1, -0.05) is 25.3 Å². The van der Waals surface area contributed by atoms with Crippen LogP contribution in [0.25, 0.3) is 11.4 Å². The van der Waals surface area contributed by atoms with Crippen molar-refractivity contribution in [2.24, 2.45) is 4.99 Å². The van der Waals surface area contributed by atoms with Crippen LogP contribution in [0.2, 0.25) is 0 Å². The van der Waals surface area contributed by atoms with Crippen LogP contribution in [0.15, 0.2) is 78.7 Å². The molecule has 4 rings (SSSR count). The minimum absolute atomic E-state index is 0.194. The number of hydrogen-bond acceptors (Lipinski definition) is 7. The zero-order valence-corrected chi connectivity index (χ0v) is 21.6. The van der Waals surface area contributed by atoms with E-state index in [9.17, 15) is 9.50 Å². The number of amidine groups is 1. The Morgan fingerprint density at radius 1 is 1.32 bits per heavy atom. The molecule has 2 aromatic rings. The van der Waals surface area contributed by atoms with E-state index in [-0.39, 0.29) is 5.75 Å². The first-order chi connectivity index (χ1) is 17.7. The summed E-state index contributed by atoms with van der Waals surface area (Å²) in [6.07, 6.45) is 6.09. The number of aliphatic hydroxyl groups is 1. The third-order valence-electron chi connectivity index (χ3n) is 6.63. The zero-order valence-electron chi connectivity index (χ0n) is 21.6. The van der Waals surface area contributed by atoms with Crippen molar-refractivity contribution in [1.82, 2.24) is 15.5 Å². The number of halogens is 1. The highest BCUT2D eigenvalue weighted by atomic mass is 19.1. The molecule has 0 amide bonds. The summed E-state index contributed by atoms with van der Waals surface area (Å²) in [7, 11) is 1.44. The number of nitrogens with one attached hydrogen (secondary N) is 3. The van der Waals surface area contributed by atoms with Crippen LogP contribution in [0.3, 0.4) is 0 Å². The SMILES string of the molecule is C=C(NCC1(O)CCNC1)c1ccc(NC2=NC=CN(/C(=C\C)c3ccc(OC)c(F)c3)C2=C)cc1C. The number of nitrogens with zero attached hydrogens (tertiary/aromatic N) is 2. The quantitative estimate of drug-likeness (QED) is 0.422. The molecule has 1 unspecified atom stereocenters. The van der Waals surface area contributed by atoms with Crippen molar-refractivity contribution in [3.05, 3.63) is 96.2 Å². The average Bonchev–Trinajstić information content (AvgIpc) is 3.32. The number of ether oxygens (including phenoxy) is 1. The zero-order chi connectivity index (χ0) is 26.6. The molecular weight excluding hydrogens is 469 g/mol. The Morgan fingerprint density at radius 3 is 2.78 bits per heavy atom. The first kappa shape index (κ1) is 26.2. The van der Waals surface area contributed by atoms with Gasteiger partial charge >= 0.3 is 0 Å². The number of aryl methyl sites for hydroxylation is 1. The molecule has 2 aliphatic heterocycles. The maximum absolute atomic E-state index is 14.4. The molecule has 37 heavy (non-hydrogen) atoms. The average molecular weight is 504 g/mol. The van der Waals surface area contributed by atoms with Crippen molar-refractivity contribution < 1.29 is 14.2 Å². The number of anilines is 1. The number of hydrogen-bond donors (Lipinski definition) is 4. The van der Waals surface area contributed by atoms with Gasteiger partial charge in [0.25, 0.3) is 0 Å². The van der Waals surface area contributed by atoms with Crippen molar-refractivity contribution in [2.75, 3.05) is 32.1 Å². The summed E-state index contributed by atoms with van der Waals surface area (Å²) in [5, 5.41) is 20.4. The van der Waals surface area contributed by atoms with Gasteiger partial charge in [0.1, 0.15) is 0 Å². The molecule has 0 aromatic heterocycles. The second kappa shape index (κ2) is 11.0. The molecule has 4 N–H and O–H groups in total. The molecule has 2 aromatic carbocycles. The van der Waals surface area contributed by atoms with Crippen LogP contribution in [-0.4, -0.2) is 48.2 Å². The lowest BCUT2D eigenvalue weighted by Gasteiger charge is -2.29. The standard InChI is InChI=1S/C29H34FN5O2/c1-6-26(22-7-10-27(37-5)25(30)16-22)35-14-13-32-28(21(35)4)34-23-8-9-24(19(2)15-23)20(3)33-18-29(36)11-12-31-17-29/h6-10,13-16,31,33,36H,3-4,11-12,17-18H2,1-2,5H3,(H,32,34)/b26-6-. The van der Waals surface area contributed by atoms with Gasteiger partial charge in [-0.15, -0.1) is 0 Å². The molecule has 7 nitrogen and oxygen atoms in total. The molecule has 8 heteroatoms. The second-order valence-electron chi connectivity index (χ2n) is 9.25. The van der Waals surface area contributed by atoms with Crippen LogP contribution >= 0.6 is 0 Å². The minimum atomic E-state index is -0.749. The fraction of sp³-hybridized carbons (Fsp3) is 0.276. The fourth-order valence-electron chi connectivity index (χ4n) is 4.52. The summed E-state index contributed by atoms with van der Waals surface area (Å²) in [6, 6.07) is 10.8. The molecule has 1 saturated heterocycles. The van der Waals surface area contributed by atoms with Gasteiger partial charge in [0.15, 0.2) is 17.4 Å². The van der Waals surface area contributed by atoms with E-state index in [0.29, 0.717) is 30.2 Å². The normalized spacial score (nSPS) is 19.6. The van der Waals surface area contributed by atoms with E-state index >= 15 is 0 Å². The molecule has 2 aliphatic rings. The van der Waals surface area contributed by atoms with E-state index in [1.807, 2.05) is 49.1 Å². The maximum Gasteiger partial charge on any atom is 0.165 e. The van der Waals surface area contributed by atoms with Gasteiger partial charge in [-0.3, -0.25) is 0 Å². The second-order valence-corrected chi connectivity index (χ2v) is 9.25. The summed E-state index contributed by atoms with van der Waals surface area (Å²) in [5.41, 5.74) is 4.95. The predicted molar refractivity (Wildman–Crippen MR) is 148 cm³/mol. The monoisotopic (exact) mass is 503 g/mol. The molecule has 1 fully saturated rings. The number of β-amino-alcohol motifs (C(OH)–C–C–N with tert-alkyl or cyclic N) is 1. The minimum Gasteiger partial charge on any atom is -0.494 e. The van der Waals surface area contributed by atoms with Crippen LogP contribution in [0.4, 0.5) is 10.1 Å². The Hall–Kier alpha value is -3.88. The first-order valence-electron chi connectivity index (χ1n) is 12.2. The van der Waals surface area contributed by atoms with Gasteiger partial charge in [0.05, 0.1) is 18.4 Å².